The molecule has 1 aliphatic rings. The van der Waals surface area contributed by atoms with Gasteiger partial charge in [0.15, 0.2) is 0 Å². The van der Waals surface area contributed by atoms with Gasteiger partial charge >= 0.3 is 0 Å². The predicted molar refractivity (Wildman–Crippen MR) is 54.7 cm³/mol. The highest BCUT2D eigenvalue weighted by Crippen LogP contribution is 2.09. The summed E-state index contributed by atoms with van der Waals surface area (Å²) in [7, 11) is 0. The zero-order valence-corrected chi connectivity index (χ0v) is 8.42. The Balaban J connectivity index is 2.13. The quantitative estimate of drug-likeness (QED) is 0.600. The summed E-state index contributed by atoms with van der Waals surface area (Å²) in [5.74, 6) is 0. The first-order valence-corrected chi connectivity index (χ1v) is 5.00. The van der Waals surface area contributed by atoms with Gasteiger partial charge in [-0.3, -0.25) is 4.90 Å². The third kappa shape index (κ3) is 3.89. The second kappa shape index (κ2) is 5.37. The van der Waals surface area contributed by atoms with Gasteiger partial charge in [-0.15, -0.1) is 0 Å². The summed E-state index contributed by atoms with van der Waals surface area (Å²) >= 11 is 0. The molecule has 0 radical (unpaired) electrons. The van der Waals surface area contributed by atoms with Crippen molar-refractivity contribution in [3.8, 4) is 0 Å². The van der Waals surface area contributed by atoms with Crippen LogP contribution in [0.4, 0.5) is 0 Å². The molecule has 0 spiro atoms. The fourth-order valence-corrected chi connectivity index (χ4v) is 1.63. The van der Waals surface area contributed by atoms with Gasteiger partial charge in [0.2, 0.25) is 0 Å². The topological polar surface area (TPSA) is 35.5 Å². The summed E-state index contributed by atoms with van der Waals surface area (Å²) in [4.78, 5) is 2.25. The number of rotatable bonds is 5. The van der Waals surface area contributed by atoms with Gasteiger partial charge < -0.3 is 10.4 Å². The first-order valence-electron chi connectivity index (χ1n) is 5.00. The summed E-state index contributed by atoms with van der Waals surface area (Å²) < 4.78 is 0. The Morgan fingerprint density at radius 3 is 3.00 bits per heavy atom. The van der Waals surface area contributed by atoms with Gasteiger partial charge in [-0.05, 0) is 18.5 Å². The Morgan fingerprint density at radius 2 is 2.46 bits per heavy atom. The highest BCUT2D eigenvalue weighted by atomic mass is 16.3. The lowest BCUT2D eigenvalue weighted by Crippen LogP contribution is -2.28. The standard InChI is InChI=1S/C10H20N2O/c1-3-11-6-9(2)7-12-5-4-10(13)8-12/h10-11,13H,2-8H2,1H3. The van der Waals surface area contributed by atoms with Crippen molar-refractivity contribution in [2.24, 2.45) is 0 Å². The van der Waals surface area contributed by atoms with Crippen molar-refractivity contribution in [3.05, 3.63) is 12.2 Å². The van der Waals surface area contributed by atoms with Crippen LogP contribution in [0.1, 0.15) is 13.3 Å². The minimum Gasteiger partial charge on any atom is -0.392 e. The second-order valence-electron chi connectivity index (χ2n) is 3.71. The molecule has 0 amide bonds. The second-order valence-corrected chi connectivity index (χ2v) is 3.71. The predicted octanol–water partition coefficient (Wildman–Crippen LogP) is 0.219. The Kier molecular flexibility index (Phi) is 4.42. The van der Waals surface area contributed by atoms with E-state index in [4.69, 9.17) is 0 Å². The highest BCUT2D eigenvalue weighted by Gasteiger charge is 2.19. The van der Waals surface area contributed by atoms with Gasteiger partial charge in [-0.2, -0.15) is 0 Å². The van der Waals surface area contributed by atoms with E-state index in [0.29, 0.717) is 0 Å². The minimum absolute atomic E-state index is 0.119. The summed E-state index contributed by atoms with van der Waals surface area (Å²) in [5, 5.41) is 12.5. The largest absolute Gasteiger partial charge is 0.392 e. The van der Waals surface area contributed by atoms with Gasteiger partial charge in [0.05, 0.1) is 6.10 Å². The number of hydrogen-bond acceptors (Lipinski definition) is 3. The number of aliphatic hydroxyl groups excluding tert-OH is 1. The summed E-state index contributed by atoms with van der Waals surface area (Å²) in [6.07, 6.45) is 0.793. The molecule has 2 N–H and O–H groups in total. The monoisotopic (exact) mass is 184 g/mol. The maximum Gasteiger partial charge on any atom is 0.0679 e. The molecule has 0 saturated carbocycles. The molecular weight excluding hydrogens is 164 g/mol. The number of β-amino-alcohol motifs (C(OH)–C–C–N with tert-alkyl or cyclic N) is 1. The van der Waals surface area contributed by atoms with Crippen LogP contribution in [0.15, 0.2) is 12.2 Å². The molecule has 1 heterocycles. The average Bonchev–Trinajstić information content (AvgIpc) is 2.48. The summed E-state index contributed by atoms with van der Waals surface area (Å²) in [5.41, 5.74) is 1.20. The number of aliphatic hydroxyl groups is 1. The average molecular weight is 184 g/mol. The first kappa shape index (κ1) is 10.7. The van der Waals surface area contributed by atoms with Gasteiger partial charge in [0, 0.05) is 26.2 Å². The molecule has 1 saturated heterocycles. The van der Waals surface area contributed by atoms with Crippen molar-refractivity contribution in [1.29, 1.82) is 0 Å². The molecule has 1 atom stereocenters. The molecule has 1 aliphatic heterocycles. The molecule has 3 nitrogen and oxygen atoms in total. The van der Waals surface area contributed by atoms with Crippen molar-refractivity contribution in [2.45, 2.75) is 19.4 Å². The molecule has 0 aromatic rings. The zero-order chi connectivity index (χ0) is 9.68. The fraction of sp³-hybridized carbons (Fsp3) is 0.800. The van der Waals surface area contributed by atoms with Crippen LogP contribution in [0, 0.1) is 0 Å². The van der Waals surface area contributed by atoms with Gasteiger partial charge in [0.25, 0.3) is 0 Å². The normalized spacial score (nSPS) is 23.7. The Labute approximate surface area is 80.4 Å². The van der Waals surface area contributed by atoms with Crippen LogP contribution in [0.5, 0.6) is 0 Å². The number of likely N-dealkylation sites (N-methyl/N-ethyl adjacent to an activating group) is 1. The zero-order valence-electron chi connectivity index (χ0n) is 8.42. The molecule has 76 valence electrons. The van der Waals surface area contributed by atoms with E-state index in [0.717, 1.165) is 39.1 Å². The number of hydrogen-bond donors (Lipinski definition) is 2. The lowest BCUT2D eigenvalue weighted by Gasteiger charge is -2.16. The van der Waals surface area contributed by atoms with E-state index >= 15 is 0 Å². The van der Waals surface area contributed by atoms with Crippen molar-refractivity contribution in [3.63, 3.8) is 0 Å². The van der Waals surface area contributed by atoms with Crippen LogP contribution in [0.2, 0.25) is 0 Å². The Bertz CT molecular complexity index is 170. The smallest absolute Gasteiger partial charge is 0.0679 e. The summed E-state index contributed by atoms with van der Waals surface area (Å²) in [6.45, 7) is 10.7. The lowest BCUT2D eigenvalue weighted by atomic mass is 10.3. The van der Waals surface area contributed by atoms with Crippen LogP contribution in [-0.4, -0.2) is 48.8 Å². The van der Waals surface area contributed by atoms with Gasteiger partial charge in [-0.25, -0.2) is 0 Å². The van der Waals surface area contributed by atoms with Crippen molar-refractivity contribution >= 4 is 0 Å². The van der Waals surface area contributed by atoms with E-state index in [-0.39, 0.29) is 6.10 Å². The van der Waals surface area contributed by atoms with Crippen molar-refractivity contribution in [2.75, 3.05) is 32.7 Å². The molecule has 1 unspecified atom stereocenters. The molecular formula is C10H20N2O. The number of nitrogens with one attached hydrogen (secondary N) is 1. The third-order valence-electron chi connectivity index (χ3n) is 2.32. The summed E-state index contributed by atoms with van der Waals surface area (Å²) in [6, 6.07) is 0. The van der Waals surface area contributed by atoms with Crippen LogP contribution < -0.4 is 5.32 Å². The molecule has 1 rings (SSSR count). The van der Waals surface area contributed by atoms with Gasteiger partial charge in [-0.1, -0.05) is 13.5 Å². The SMILES string of the molecule is C=C(CNCC)CN1CCC(O)C1. The number of nitrogens with zero attached hydrogens (tertiary/aromatic N) is 1. The Morgan fingerprint density at radius 1 is 1.69 bits per heavy atom. The van der Waals surface area contributed by atoms with E-state index < -0.39 is 0 Å². The van der Waals surface area contributed by atoms with E-state index in [1.165, 1.54) is 5.57 Å². The van der Waals surface area contributed by atoms with Crippen LogP contribution in [0.3, 0.4) is 0 Å². The highest BCUT2D eigenvalue weighted by molar-refractivity contribution is 5.00. The van der Waals surface area contributed by atoms with Crippen molar-refractivity contribution < 1.29 is 5.11 Å². The maximum atomic E-state index is 9.30. The molecule has 0 aliphatic carbocycles. The van der Waals surface area contributed by atoms with Gasteiger partial charge in [0.1, 0.15) is 0 Å². The first-order chi connectivity index (χ1) is 6.22. The van der Waals surface area contributed by atoms with E-state index in [2.05, 4.69) is 23.7 Å². The van der Waals surface area contributed by atoms with Crippen LogP contribution >= 0.6 is 0 Å². The van der Waals surface area contributed by atoms with E-state index in [1.807, 2.05) is 0 Å². The maximum absolute atomic E-state index is 9.30. The van der Waals surface area contributed by atoms with Crippen LogP contribution in [0.25, 0.3) is 0 Å². The van der Waals surface area contributed by atoms with Crippen LogP contribution in [-0.2, 0) is 0 Å². The molecule has 0 aromatic heterocycles. The molecule has 13 heavy (non-hydrogen) atoms. The molecule has 3 heteroatoms. The third-order valence-corrected chi connectivity index (χ3v) is 2.32. The molecule has 0 aromatic carbocycles. The minimum atomic E-state index is -0.119. The molecule has 1 fully saturated rings. The van der Waals surface area contributed by atoms with E-state index in [9.17, 15) is 5.11 Å². The van der Waals surface area contributed by atoms with Crippen molar-refractivity contribution in [1.82, 2.24) is 10.2 Å². The fourth-order valence-electron chi connectivity index (χ4n) is 1.63. The number of likely N-dealkylation sites (tertiary alicyclic amines) is 1. The lowest BCUT2D eigenvalue weighted by molar-refractivity contribution is 0.179. The Hall–Kier alpha value is -0.380. The van der Waals surface area contributed by atoms with E-state index in [1.54, 1.807) is 0 Å². The molecule has 0 bridgehead atoms.